The van der Waals surface area contributed by atoms with E-state index < -0.39 is 23.5 Å². The van der Waals surface area contributed by atoms with E-state index in [0.717, 1.165) is 6.42 Å². The summed E-state index contributed by atoms with van der Waals surface area (Å²) in [5.74, 6) is -0.890. The van der Waals surface area contributed by atoms with Crippen LogP contribution in [0.25, 0.3) is 0 Å². The van der Waals surface area contributed by atoms with Crippen LogP contribution < -0.4 is 11.1 Å². The van der Waals surface area contributed by atoms with Crippen LogP contribution in [-0.4, -0.2) is 17.4 Å². The number of unbranched alkanes of at least 4 members (excludes halogenated alkanes) is 1. The Bertz CT molecular complexity index is 589. The summed E-state index contributed by atoms with van der Waals surface area (Å²) in [5.41, 5.74) is 5.84. The van der Waals surface area contributed by atoms with Gasteiger partial charge in [0, 0.05) is 17.5 Å². The third kappa shape index (κ3) is 6.21. The number of anilines is 1. The molecule has 1 rings (SSSR count). The van der Waals surface area contributed by atoms with E-state index in [2.05, 4.69) is 5.32 Å². The Balaban J connectivity index is 3.13. The van der Waals surface area contributed by atoms with Crippen molar-refractivity contribution in [3.63, 3.8) is 0 Å². The van der Waals surface area contributed by atoms with Gasteiger partial charge in [-0.1, -0.05) is 36.5 Å². The van der Waals surface area contributed by atoms with Crippen LogP contribution in [-0.2, 0) is 14.3 Å². The zero-order valence-corrected chi connectivity index (χ0v) is 15.9. The lowest BCUT2D eigenvalue weighted by Crippen LogP contribution is -2.44. The van der Waals surface area contributed by atoms with E-state index in [-0.39, 0.29) is 22.2 Å². The molecule has 0 aromatic heterocycles. The largest absolute Gasteiger partial charge is 0.447 e. The maximum atomic E-state index is 12.6. The van der Waals surface area contributed by atoms with E-state index in [1.54, 1.807) is 0 Å². The summed E-state index contributed by atoms with van der Waals surface area (Å²) in [5, 5.41) is 3.21. The monoisotopic (exact) mass is 374 g/mol. The number of nitrogens with two attached hydrogens (primary N) is 1. The Hall–Kier alpha value is -1.46. The van der Waals surface area contributed by atoms with Crippen molar-refractivity contribution in [3.05, 3.63) is 27.7 Å². The molecule has 0 radical (unpaired) electrons. The minimum atomic E-state index is -1.14. The average molecular weight is 375 g/mol. The number of carbonyl (C=O) groups is 2. The van der Waals surface area contributed by atoms with Crippen LogP contribution in [0.15, 0.2) is 12.1 Å². The van der Waals surface area contributed by atoms with Crippen molar-refractivity contribution in [3.8, 4) is 0 Å². The van der Waals surface area contributed by atoms with Crippen LogP contribution in [0.3, 0.4) is 0 Å². The first-order valence-electron chi connectivity index (χ1n) is 7.81. The standard InChI is InChI=1S/C17H24Cl2N2O3/c1-5-6-7-13(22)24-15(16(23)21-17(2,3)4)10-8-11(18)14(20)12(19)9-10/h8-9,15H,5-7,20H2,1-4H3,(H,21,23). The number of ether oxygens (including phenoxy) is 1. The lowest BCUT2D eigenvalue weighted by Gasteiger charge is -2.25. The van der Waals surface area contributed by atoms with Crippen LogP contribution in [0.4, 0.5) is 5.69 Å². The normalized spacial score (nSPS) is 12.6. The van der Waals surface area contributed by atoms with Gasteiger partial charge in [-0.25, -0.2) is 0 Å². The van der Waals surface area contributed by atoms with E-state index in [0.29, 0.717) is 12.0 Å². The first-order valence-corrected chi connectivity index (χ1v) is 8.56. The third-order valence-corrected chi connectivity index (χ3v) is 3.75. The molecular weight excluding hydrogens is 351 g/mol. The van der Waals surface area contributed by atoms with Gasteiger partial charge in [0.1, 0.15) is 0 Å². The van der Waals surface area contributed by atoms with Gasteiger partial charge < -0.3 is 15.8 Å². The molecule has 24 heavy (non-hydrogen) atoms. The predicted octanol–water partition coefficient (Wildman–Crippen LogP) is 4.26. The number of nitrogens with one attached hydrogen (secondary N) is 1. The van der Waals surface area contributed by atoms with Crippen molar-refractivity contribution >= 4 is 40.8 Å². The SMILES string of the molecule is CCCCC(=O)OC(C(=O)NC(C)(C)C)c1cc(Cl)c(N)c(Cl)c1. The molecule has 1 aromatic rings. The molecule has 1 unspecified atom stereocenters. The smallest absolute Gasteiger partial charge is 0.306 e. The van der Waals surface area contributed by atoms with E-state index in [1.165, 1.54) is 12.1 Å². The molecule has 0 aliphatic rings. The molecule has 0 saturated heterocycles. The summed E-state index contributed by atoms with van der Waals surface area (Å²) in [6.45, 7) is 7.48. The second-order valence-corrected chi connectivity index (χ2v) is 7.43. The number of rotatable bonds is 6. The Kier molecular flexibility index (Phi) is 7.36. The van der Waals surface area contributed by atoms with Gasteiger partial charge in [0.25, 0.3) is 5.91 Å². The number of halogens is 2. The fraction of sp³-hybridized carbons (Fsp3) is 0.529. The van der Waals surface area contributed by atoms with Crippen molar-refractivity contribution in [2.75, 3.05) is 5.73 Å². The predicted molar refractivity (Wildman–Crippen MR) is 97.1 cm³/mol. The molecule has 0 aliphatic carbocycles. The summed E-state index contributed by atoms with van der Waals surface area (Å²) < 4.78 is 5.39. The number of hydrogen-bond donors (Lipinski definition) is 2. The quantitative estimate of drug-likeness (QED) is 0.575. The summed E-state index contributed by atoms with van der Waals surface area (Å²) in [6, 6.07) is 2.98. The molecule has 0 heterocycles. The van der Waals surface area contributed by atoms with Gasteiger partial charge in [0.2, 0.25) is 6.10 Å². The summed E-state index contributed by atoms with van der Waals surface area (Å²) in [4.78, 5) is 24.6. The molecule has 0 bridgehead atoms. The molecular formula is C17H24Cl2N2O3. The molecule has 0 saturated carbocycles. The van der Waals surface area contributed by atoms with Crippen molar-refractivity contribution in [1.82, 2.24) is 5.32 Å². The maximum absolute atomic E-state index is 12.6. The number of benzene rings is 1. The van der Waals surface area contributed by atoms with E-state index in [4.69, 9.17) is 33.7 Å². The van der Waals surface area contributed by atoms with Gasteiger partial charge in [-0.15, -0.1) is 0 Å². The number of esters is 1. The second-order valence-electron chi connectivity index (χ2n) is 6.61. The van der Waals surface area contributed by atoms with Crippen molar-refractivity contribution < 1.29 is 14.3 Å². The number of carbonyl (C=O) groups excluding carboxylic acids is 2. The first kappa shape index (κ1) is 20.6. The Labute approximate surface area is 152 Å². The van der Waals surface area contributed by atoms with Crippen LogP contribution in [0, 0.1) is 0 Å². The van der Waals surface area contributed by atoms with E-state index in [1.807, 2.05) is 27.7 Å². The van der Waals surface area contributed by atoms with Crippen LogP contribution in [0.5, 0.6) is 0 Å². The molecule has 7 heteroatoms. The fourth-order valence-corrected chi connectivity index (χ4v) is 2.48. The highest BCUT2D eigenvalue weighted by molar-refractivity contribution is 6.39. The Morgan fingerprint density at radius 1 is 1.25 bits per heavy atom. The molecule has 0 fully saturated rings. The Morgan fingerprint density at radius 3 is 2.25 bits per heavy atom. The lowest BCUT2D eigenvalue weighted by atomic mass is 10.0. The molecule has 3 N–H and O–H groups in total. The zero-order valence-electron chi connectivity index (χ0n) is 14.4. The van der Waals surface area contributed by atoms with Crippen LogP contribution in [0.1, 0.15) is 58.6 Å². The van der Waals surface area contributed by atoms with Crippen LogP contribution in [0.2, 0.25) is 10.0 Å². The van der Waals surface area contributed by atoms with Gasteiger partial charge in [0.05, 0.1) is 15.7 Å². The molecule has 5 nitrogen and oxygen atoms in total. The van der Waals surface area contributed by atoms with Crippen molar-refractivity contribution in [1.29, 1.82) is 0 Å². The van der Waals surface area contributed by atoms with Gasteiger partial charge in [0.15, 0.2) is 0 Å². The average Bonchev–Trinajstić information content (AvgIpc) is 2.45. The third-order valence-electron chi connectivity index (χ3n) is 3.12. The van der Waals surface area contributed by atoms with E-state index >= 15 is 0 Å². The Morgan fingerprint density at radius 2 is 1.79 bits per heavy atom. The number of nitrogen functional groups attached to an aromatic ring is 1. The molecule has 134 valence electrons. The lowest BCUT2D eigenvalue weighted by molar-refractivity contribution is -0.157. The highest BCUT2D eigenvalue weighted by Crippen LogP contribution is 2.33. The minimum Gasteiger partial charge on any atom is -0.447 e. The summed E-state index contributed by atoms with van der Waals surface area (Å²) in [6.07, 6.45) is 0.652. The number of hydrogen-bond acceptors (Lipinski definition) is 4. The van der Waals surface area contributed by atoms with Gasteiger partial charge in [-0.05, 0) is 39.3 Å². The highest BCUT2D eigenvalue weighted by Gasteiger charge is 2.29. The molecule has 0 aliphatic heterocycles. The van der Waals surface area contributed by atoms with Gasteiger partial charge in [-0.2, -0.15) is 0 Å². The minimum absolute atomic E-state index is 0.204. The maximum Gasteiger partial charge on any atom is 0.306 e. The molecule has 1 amide bonds. The summed E-state index contributed by atoms with van der Waals surface area (Å²) >= 11 is 12.1. The van der Waals surface area contributed by atoms with E-state index in [9.17, 15) is 9.59 Å². The highest BCUT2D eigenvalue weighted by atomic mass is 35.5. The van der Waals surface area contributed by atoms with Gasteiger partial charge in [-0.3, -0.25) is 9.59 Å². The fourth-order valence-electron chi connectivity index (χ4n) is 1.97. The molecule has 1 atom stereocenters. The molecule has 1 aromatic carbocycles. The van der Waals surface area contributed by atoms with Crippen molar-refractivity contribution in [2.24, 2.45) is 0 Å². The summed E-state index contributed by atoms with van der Waals surface area (Å²) in [7, 11) is 0. The van der Waals surface area contributed by atoms with Gasteiger partial charge >= 0.3 is 5.97 Å². The second kappa shape index (κ2) is 8.58. The van der Waals surface area contributed by atoms with Crippen LogP contribution >= 0.6 is 23.2 Å². The topological polar surface area (TPSA) is 81.4 Å². The zero-order chi connectivity index (χ0) is 18.5. The molecule has 0 spiro atoms. The first-order chi connectivity index (χ1) is 11.0. The number of amides is 1. The van der Waals surface area contributed by atoms with Crippen molar-refractivity contribution in [2.45, 2.75) is 58.6 Å².